The highest BCUT2D eigenvalue weighted by Gasteiger charge is 2.22. The van der Waals surface area contributed by atoms with Crippen molar-refractivity contribution < 1.29 is 5.11 Å². The van der Waals surface area contributed by atoms with Gasteiger partial charge in [-0.2, -0.15) is 0 Å². The fourth-order valence-electron chi connectivity index (χ4n) is 2.63. The van der Waals surface area contributed by atoms with Crippen LogP contribution in [0.15, 0.2) is 58.3 Å². The van der Waals surface area contributed by atoms with Gasteiger partial charge in [0, 0.05) is 16.8 Å². The molecule has 10 heteroatoms. The van der Waals surface area contributed by atoms with E-state index in [1.807, 2.05) is 12.1 Å². The van der Waals surface area contributed by atoms with E-state index in [2.05, 4.69) is 57.1 Å². The number of aromatic nitrogens is 5. The maximum Gasteiger partial charge on any atom is 0.169 e. The van der Waals surface area contributed by atoms with E-state index < -0.39 is 6.23 Å². The second kappa shape index (κ2) is 7.51. The first-order valence-corrected chi connectivity index (χ1v) is 9.69. The molecule has 3 heterocycles. The molecule has 2 N–H and O–H groups in total. The van der Waals surface area contributed by atoms with Gasteiger partial charge in [0.05, 0.1) is 30.0 Å². The standard InChI is InChI=1S/C17H11Br2ClN6O/c18-11-5-23-13(6-21-11)24-17(27)16-15(9-1-3-10(20)4-2-9)25-14-7-22-12(19)8-26(14)16/h1-8,17,27H,(H,23,24). The largest absolute Gasteiger partial charge is 0.368 e. The molecule has 1 aromatic carbocycles. The third kappa shape index (κ3) is 3.81. The molecule has 0 saturated heterocycles. The summed E-state index contributed by atoms with van der Waals surface area (Å²) in [6.45, 7) is 0. The quantitative estimate of drug-likeness (QED) is 0.394. The predicted molar refractivity (Wildman–Crippen MR) is 109 cm³/mol. The van der Waals surface area contributed by atoms with Crippen LogP contribution in [0.1, 0.15) is 11.9 Å². The highest BCUT2D eigenvalue weighted by molar-refractivity contribution is 9.10. The SMILES string of the molecule is OC(Nc1cnc(Br)cn1)c1c(-c2ccc(Cl)cc2)nc2cnc(Br)cn12. The van der Waals surface area contributed by atoms with Crippen LogP contribution >= 0.6 is 43.5 Å². The van der Waals surface area contributed by atoms with Crippen LogP contribution in [0.2, 0.25) is 5.02 Å². The molecule has 136 valence electrons. The zero-order valence-electron chi connectivity index (χ0n) is 13.5. The van der Waals surface area contributed by atoms with Gasteiger partial charge in [0.15, 0.2) is 11.9 Å². The van der Waals surface area contributed by atoms with Gasteiger partial charge < -0.3 is 10.4 Å². The molecule has 1 unspecified atom stereocenters. The van der Waals surface area contributed by atoms with E-state index >= 15 is 0 Å². The molecule has 4 rings (SSSR count). The van der Waals surface area contributed by atoms with Crippen molar-refractivity contribution in [3.63, 3.8) is 0 Å². The Bertz CT molecular complexity index is 1100. The number of hydrogen-bond donors (Lipinski definition) is 2. The molecule has 0 bridgehead atoms. The molecule has 0 fully saturated rings. The average molecular weight is 511 g/mol. The third-order valence-corrected chi connectivity index (χ3v) is 4.87. The van der Waals surface area contributed by atoms with E-state index in [1.54, 1.807) is 35.1 Å². The molecular weight excluding hydrogens is 499 g/mol. The number of imidazole rings is 1. The van der Waals surface area contributed by atoms with Gasteiger partial charge in [0.2, 0.25) is 0 Å². The van der Waals surface area contributed by atoms with Crippen LogP contribution in [0.5, 0.6) is 0 Å². The minimum absolute atomic E-state index is 0.427. The van der Waals surface area contributed by atoms with Gasteiger partial charge in [-0.05, 0) is 44.0 Å². The molecule has 1 atom stereocenters. The van der Waals surface area contributed by atoms with E-state index in [-0.39, 0.29) is 0 Å². The van der Waals surface area contributed by atoms with Crippen molar-refractivity contribution in [2.45, 2.75) is 6.23 Å². The smallest absolute Gasteiger partial charge is 0.169 e. The number of nitrogens with zero attached hydrogens (tertiary/aromatic N) is 5. The van der Waals surface area contributed by atoms with Gasteiger partial charge in [0.25, 0.3) is 0 Å². The summed E-state index contributed by atoms with van der Waals surface area (Å²) in [5.41, 5.74) is 2.56. The summed E-state index contributed by atoms with van der Waals surface area (Å²) in [6, 6.07) is 7.25. The van der Waals surface area contributed by atoms with E-state index in [0.29, 0.717) is 37.1 Å². The molecule has 27 heavy (non-hydrogen) atoms. The van der Waals surface area contributed by atoms with Crippen molar-refractivity contribution in [1.29, 1.82) is 0 Å². The second-order valence-corrected chi connectivity index (χ2v) is 7.62. The minimum atomic E-state index is -1.09. The summed E-state index contributed by atoms with van der Waals surface area (Å²) in [6.07, 6.45) is 5.35. The van der Waals surface area contributed by atoms with E-state index in [4.69, 9.17) is 11.6 Å². The summed E-state index contributed by atoms with van der Waals surface area (Å²) in [4.78, 5) is 17.1. The molecule has 4 aromatic rings. The molecule has 0 aliphatic heterocycles. The fraction of sp³-hybridized carbons (Fsp3) is 0.0588. The first-order valence-electron chi connectivity index (χ1n) is 7.73. The zero-order chi connectivity index (χ0) is 19.0. The number of halogens is 3. The molecule has 0 aliphatic carbocycles. The first kappa shape index (κ1) is 18.3. The summed E-state index contributed by atoms with van der Waals surface area (Å²) in [5.74, 6) is 0.427. The molecular formula is C17H11Br2ClN6O. The topological polar surface area (TPSA) is 88.2 Å². The Hall–Kier alpha value is -2.07. The normalized spacial score (nSPS) is 12.3. The van der Waals surface area contributed by atoms with Crippen LogP contribution in [-0.2, 0) is 0 Å². The molecule has 3 aromatic heterocycles. The van der Waals surface area contributed by atoms with Gasteiger partial charge in [-0.3, -0.25) is 4.40 Å². The van der Waals surface area contributed by atoms with Gasteiger partial charge in [-0.25, -0.2) is 19.9 Å². The van der Waals surface area contributed by atoms with Crippen molar-refractivity contribution in [1.82, 2.24) is 24.3 Å². The average Bonchev–Trinajstić information content (AvgIpc) is 3.03. The van der Waals surface area contributed by atoms with Crippen LogP contribution in [0.25, 0.3) is 16.9 Å². The Morgan fingerprint density at radius 2 is 1.74 bits per heavy atom. The summed E-state index contributed by atoms with van der Waals surface area (Å²) >= 11 is 12.6. The Morgan fingerprint density at radius 3 is 2.44 bits per heavy atom. The highest BCUT2D eigenvalue weighted by atomic mass is 79.9. The van der Waals surface area contributed by atoms with Gasteiger partial charge in [-0.1, -0.05) is 23.7 Å². The minimum Gasteiger partial charge on any atom is -0.368 e. The lowest BCUT2D eigenvalue weighted by molar-refractivity contribution is 0.202. The highest BCUT2D eigenvalue weighted by Crippen LogP contribution is 2.30. The van der Waals surface area contributed by atoms with Crippen molar-refractivity contribution in [2.75, 3.05) is 5.32 Å². The van der Waals surface area contributed by atoms with Crippen molar-refractivity contribution in [2.24, 2.45) is 0 Å². The van der Waals surface area contributed by atoms with Gasteiger partial charge in [-0.15, -0.1) is 0 Å². The number of aliphatic hydroxyl groups is 1. The lowest BCUT2D eigenvalue weighted by Crippen LogP contribution is -2.14. The summed E-state index contributed by atoms with van der Waals surface area (Å²) < 4.78 is 2.99. The number of nitrogens with one attached hydrogen (secondary N) is 1. The predicted octanol–water partition coefficient (Wildman–Crippen LogP) is 4.47. The third-order valence-electron chi connectivity index (χ3n) is 3.80. The van der Waals surface area contributed by atoms with Crippen LogP contribution in [0.3, 0.4) is 0 Å². The molecule has 0 saturated carbocycles. The molecule has 0 radical (unpaired) electrons. The second-order valence-electron chi connectivity index (χ2n) is 5.56. The Balaban J connectivity index is 1.83. The number of fused-ring (bicyclic) bond motifs is 1. The van der Waals surface area contributed by atoms with Crippen LogP contribution in [-0.4, -0.2) is 29.4 Å². The number of anilines is 1. The van der Waals surface area contributed by atoms with Crippen LogP contribution in [0, 0.1) is 0 Å². The maximum atomic E-state index is 10.9. The van der Waals surface area contributed by atoms with Gasteiger partial charge in [0.1, 0.15) is 15.0 Å². The fourth-order valence-corrected chi connectivity index (χ4v) is 3.26. The van der Waals surface area contributed by atoms with Crippen LogP contribution in [0.4, 0.5) is 5.82 Å². The summed E-state index contributed by atoms with van der Waals surface area (Å²) in [7, 11) is 0. The number of aliphatic hydroxyl groups excluding tert-OH is 1. The first-order chi connectivity index (χ1) is 13.0. The molecule has 0 spiro atoms. The molecule has 7 nitrogen and oxygen atoms in total. The zero-order valence-corrected chi connectivity index (χ0v) is 17.4. The number of rotatable bonds is 4. The monoisotopic (exact) mass is 508 g/mol. The van der Waals surface area contributed by atoms with E-state index in [0.717, 1.165) is 5.56 Å². The Morgan fingerprint density at radius 1 is 1.00 bits per heavy atom. The van der Waals surface area contributed by atoms with E-state index in [9.17, 15) is 5.11 Å². The lowest BCUT2D eigenvalue weighted by atomic mass is 10.1. The van der Waals surface area contributed by atoms with E-state index in [1.165, 1.54) is 6.20 Å². The van der Waals surface area contributed by atoms with Crippen molar-refractivity contribution in [3.8, 4) is 11.3 Å². The Labute approximate surface area is 175 Å². The molecule has 0 amide bonds. The summed E-state index contributed by atoms with van der Waals surface area (Å²) in [5, 5.41) is 14.5. The number of hydrogen-bond acceptors (Lipinski definition) is 6. The number of benzene rings is 1. The van der Waals surface area contributed by atoms with Crippen molar-refractivity contribution >= 4 is 54.9 Å². The van der Waals surface area contributed by atoms with Gasteiger partial charge >= 0.3 is 0 Å². The molecule has 0 aliphatic rings. The van der Waals surface area contributed by atoms with Crippen LogP contribution < -0.4 is 5.32 Å². The maximum absolute atomic E-state index is 10.9. The Kier molecular flexibility index (Phi) is 5.09. The van der Waals surface area contributed by atoms with Crippen molar-refractivity contribution in [3.05, 3.63) is 69.0 Å². The lowest BCUT2D eigenvalue weighted by Gasteiger charge is -2.15.